The Labute approximate surface area is 195 Å². The Hall–Kier alpha value is -3.38. The van der Waals surface area contributed by atoms with Gasteiger partial charge in [-0.15, -0.1) is 0 Å². The highest BCUT2D eigenvalue weighted by Gasteiger charge is 2.45. The van der Waals surface area contributed by atoms with Crippen molar-refractivity contribution in [2.75, 3.05) is 26.9 Å². The van der Waals surface area contributed by atoms with Crippen LogP contribution in [0, 0.1) is 0 Å². The lowest BCUT2D eigenvalue weighted by molar-refractivity contribution is -0.140. The Morgan fingerprint density at radius 1 is 1.12 bits per heavy atom. The van der Waals surface area contributed by atoms with Crippen molar-refractivity contribution in [2.24, 2.45) is 0 Å². The molecule has 3 rings (SSSR count). The molecule has 1 N–H and O–H groups in total. The molecule has 1 atom stereocenters. The molecule has 0 aromatic heterocycles. The molecule has 6 nitrogen and oxygen atoms in total. The molecule has 1 amide bonds. The summed E-state index contributed by atoms with van der Waals surface area (Å²) in [5.74, 6) is -0.525. The average molecular weight is 450 g/mol. The number of ether oxygens (including phenoxy) is 2. The van der Waals surface area contributed by atoms with E-state index in [9.17, 15) is 14.7 Å². The summed E-state index contributed by atoms with van der Waals surface area (Å²) in [5, 5.41) is 11.1. The van der Waals surface area contributed by atoms with E-state index in [1.54, 1.807) is 37.5 Å². The number of hydrogen-bond acceptors (Lipinski definition) is 5. The van der Waals surface area contributed by atoms with Crippen molar-refractivity contribution in [1.29, 1.82) is 0 Å². The molecule has 2 aromatic rings. The number of aliphatic hydroxyl groups excluding tert-OH is 1. The van der Waals surface area contributed by atoms with Crippen molar-refractivity contribution in [2.45, 2.75) is 32.2 Å². The van der Waals surface area contributed by atoms with Gasteiger partial charge in [-0.2, -0.15) is 0 Å². The fourth-order valence-corrected chi connectivity index (χ4v) is 3.92. The van der Waals surface area contributed by atoms with Gasteiger partial charge in [0, 0.05) is 25.8 Å². The molecule has 33 heavy (non-hydrogen) atoms. The molecule has 1 aliphatic heterocycles. The minimum atomic E-state index is -0.685. The molecular weight excluding hydrogens is 418 g/mol. The number of hydrogen-bond donors (Lipinski definition) is 1. The number of likely N-dealkylation sites (tertiary alicyclic amines) is 1. The highest BCUT2D eigenvalue weighted by atomic mass is 16.5. The number of carbonyl (C=O) groups excluding carboxylic acids is 2. The quantitative estimate of drug-likeness (QED) is 0.185. The van der Waals surface area contributed by atoms with Crippen LogP contribution in [-0.4, -0.2) is 48.6 Å². The first kappa shape index (κ1) is 24.3. The predicted molar refractivity (Wildman–Crippen MR) is 128 cm³/mol. The van der Waals surface area contributed by atoms with E-state index in [4.69, 9.17) is 9.47 Å². The second-order valence-corrected chi connectivity index (χ2v) is 8.28. The van der Waals surface area contributed by atoms with Crippen molar-refractivity contribution in [3.05, 3.63) is 83.4 Å². The van der Waals surface area contributed by atoms with Crippen molar-refractivity contribution >= 4 is 17.4 Å². The lowest BCUT2D eigenvalue weighted by atomic mass is 9.93. The monoisotopic (exact) mass is 449 g/mol. The zero-order valence-corrected chi connectivity index (χ0v) is 19.4. The van der Waals surface area contributed by atoms with E-state index in [0.29, 0.717) is 43.4 Å². The third-order valence-corrected chi connectivity index (χ3v) is 5.70. The summed E-state index contributed by atoms with van der Waals surface area (Å²) >= 11 is 0. The van der Waals surface area contributed by atoms with Crippen LogP contribution in [0.3, 0.4) is 0 Å². The fourth-order valence-electron chi connectivity index (χ4n) is 3.92. The molecule has 6 heteroatoms. The standard InChI is InChI=1S/C27H31NO5/c1-5-16-33-22-13-11-21(12-14-22)25(29)23-24(20-9-7-19(8-10-20)18(2)3)28(15-6-17-32-4)27(31)26(23)30/h5,7-14,18,24,29H,1,6,15-17H2,2-4H3/b25-23+. The maximum Gasteiger partial charge on any atom is 0.295 e. The number of methoxy groups -OCH3 is 1. The molecule has 0 bridgehead atoms. The molecule has 1 aliphatic rings. The Kier molecular flexibility index (Phi) is 8.06. The van der Waals surface area contributed by atoms with Crippen LogP contribution < -0.4 is 4.74 Å². The molecule has 1 saturated heterocycles. The van der Waals surface area contributed by atoms with Crippen LogP contribution in [0.2, 0.25) is 0 Å². The summed E-state index contributed by atoms with van der Waals surface area (Å²) in [4.78, 5) is 27.5. The Bertz CT molecular complexity index is 1020. The molecule has 1 fully saturated rings. The van der Waals surface area contributed by atoms with Crippen molar-refractivity contribution in [3.63, 3.8) is 0 Å². The van der Waals surface area contributed by atoms with Gasteiger partial charge in [-0.05, 0) is 47.7 Å². The summed E-state index contributed by atoms with van der Waals surface area (Å²) in [6.07, 6.45) is 2.23. The van der Waals surface area contributed by atoms with Gasteiger partial charge in [0.1, 0.15) is 18.1 Å². The largest absolute Gasteiger partial charge is 0.507 e. The molecule has 0 aliphatic carbocycles. The number of rotatable bonds is 10. The maximum absolute atomic E-state index is 13.1. The molecule has 2 aromatic carbocycles. The minimum absolute atomic E-state index is 0.0921. The third-order valence-electron chi connectivity index (χ3n) is 5.70. The van der Waals surface area contributed by atoms with Gasteiger partial charge in [0.2, 0.25) is 0 Å². The van der Waals surface area contributed by atoms with Gasteiger partial charge in [0.15, 0.2) is 0 Å². The lowest BCUT2D eigenvalue weighted by Gasteiger charge is -2.25. The fraction of sp³-hybridized carbons (Fsp3) is 0.333. The molecule has 0 spiro atoms. The van der Waals surface area contributed by atoms with Gasteiger partial charge in [-0.25, -0.2) is 0 Å². The zero-order chi connectivity index (χ0) is 24.0. The summed E-state index contributed by atoms with van der Waals surface area (Å²) < 4.78 is 10.6. The first-order valence-corrected chi connectivity index (χ1v) is 11.1. The predicted octanol–water partition coefficient (Wildman–Crippen LogP) is 4.83. The lowest BCUT2D eigenvalue weighted by Crippen LogP contribution is -2.31. The number of nitrogens with zero attached hydrogens (tertiary/aromatic N) is 1. The van der Waals surface area contributed by atoms with E-state index in [1.807, 2.05) is 24.3 Å². The van der Waals surface area contributed by atoms with Crippen LogP contribution in [0.4, 0.5) is 0 Å². The van der Waals surface area contributed by atoms with E-state index in [0.717, 1.165) is 11.1 Å². The Morgan fingerprint density at radius 2 is 1.79 bits per heavy atom. The third kappa shape index (κ3) is 5.34. The number of amides is 1. The van der Waals surface area contributed by atoms with Gasteiger partial charge in [0.05, 0.1) is 11.6 Å². The van der Waals surface area contributed by atoms with Crippen LogP contribution in [0.1, 0.15) is 48.9 Å². The topological polar surface area (TPSA) is 76.1 Å². The van der Waals surface area contributed by atoms with E-state index in [2.05, 4.69) is 20.4 Å². The first-order valence-electron chi connectivity index (χ1n) is 11.1. The number of ketones is 1. The number of Topliss-reactive ketones (excluding diaryl/α,β-unsaturated/α-hetero) is 1. The van der Waals surface area contributed by atoms with Crippen LogP contribution in [0.25, 0.3) is 5.76 Å². The average Bonchev–Trinajstić information content (AvgIpc) is 3.08. The Morgan fingerprint density at radius 3 is 2.36 bits per heavy atom. The molecule has 1 unspecified atom stereocenters. The minimum Gasteiger partial charge on any atom is -0.507 e. The van der Waals surface area contributed by atoms with E-state index >= 15 is 0 Å². The first-order chi connectivity index (χ1) is 15.9. The summed E-state index contributed by atoms with van der Waals surface area (Å²) in [7, 11) is 1.60. The zero-order valence-electron chi connectivity index (χ0n) is 19.4. The van der Waals surface area contributed by atoms with Crippen molar-refractivity contribution in [3.8, 4) is 5.75 Å². The van der Waals surface area contributed by atoms with Crippen LogP contribution in [0.5, 0.6) is 5.75 Å². The second-order valence-electron chi connectivity index (χ2n) is 8.28. The smallest absolute Gasteiger partial charge is 0.295 e. The van der Waals surface area contributed by atoms with Crippen molar-refractivity contribution in [1.82, 2.24) is 4.90 Å². The van der Waals surface area contributed by atoms with Crippen LogP contribution in [-0.2, 0) is 14.3 Å². The van der Waals surface area contributed by atoms with E-state index in [1.165, 1.54) is 4.90 Å². The highest BCUT2D eigenvalue weighted by Crippen LogP contribution is 2.40. The number of benzene rings is 2. The number of carbonyl (C=O) groups is 2. The van der Waals surface area contributed by atoms with Crippen LogP contribution >= 0.6 is 0 Å². The molecule has 0 saturated carbocycles. The highest BCUT2D eigenvalue weighted by molar-refractivity contribution is 6.46. The van der Waals surface area contributed by atoms with Gasteiger partial charge < -0.3 is 19.5 Å². The molecule has 1 heterocycles. The maximum atomic E-state index is 13.1. The van der Waals surface area contributed by atoms with Gasteiger partial charge >= 0.3 is 0 Å². The van der Waals surface area contributed by atoms with Gasteiger partial charge in [-0.3, -0.25) is 9.59 Å². The van der Waals surface area contributed by atoms with Gasteiger partial charge in [0.25, 0.3) is 11.7 Å². The van der Waals surface area contributed by atoms with E-state index in [-0.39, 0.29) is 11.3 Å². The van der Waals surface area contributed by atoms with Crippen molar-refractivity contribution < 1.29 is 24.2 Å². The summed E-state index contributed by atoms with van der Waals surface area (Å²) in [6.45, 7) is 9.01. The SMILES string of the molecule is C=CCOc1ccc(/C(O)=C2\C(=O)C(=O)N(CCCOC)C2c2ccc(C(C)C)cc2)cc1. The molecule has 0 radical (unpaired) electrons. The van der Waals surface area contributed by atoms with E-state index < -0.39 is 17.7 Å². The molecular formula is C27H31NO5. The van der Waals surface area contributed by atoms with Crippen LogP contribution in [0.15, 0.2) is 66.8 Å². The normalized spacial score (nSPS) is 17.6. The Balaban J connectivity index is 2.04. The van der Waals surface area contributed by atoms with Gasteiger partial charge in [-0.1, -0.05) is 50.8 Å². The summed E-state index contributed by atoms with van der Waals surface area (Å²) in [6, 6.07) is 13.9. The molecule has 174 valence electrons. The second kappa shape index (κ2) is 11.0. The number of aliphatic hydroxyl groups is 1. The summed E-state index contributed by atoms with van der Waals surface area (Å²) in [5.41, 5.74) is 2.47.